The van der Waals surface area contributed by atoms with Crippen molar-refractivity contribution >= 4 is 40.3 Å². The summed E-state index contributed by atoms with van der Waals surface area (Å²) in [6.07, 6.45) is 4.93. The van der Waals surface area contributed by atoms with E-state index in [4.69, 9.17) is 11.1 Å². The van der Waals surface area contributed by atoms with Crippen LogP contribution in [-0.2, 0) is 9.59 Å². The van der Waals surface area contributed by atoms with Crippen molar-refractivity contribution in [2.75, 3.05) is 11.9 Å². The van der Waals surface area contributed by atoms with Crippen LogP contribution in [-0.4, -0.2) is 34.3 Å². The number of anilines is 1. The van der Waals surface area contributed by atoms with Gasteiger partial charge in [0, 0.05) is 11.3 Å². The number of imide groups is 1. The summed E-state index contributed by atoms with van der Waals surface area (Å²) in [5.41, 5.74) is 7.49. The molecule has 7 nitrogen and oxygen atoms in total. The quantitative estimate of drug-likeness (QED) is 0.427. The van der Waals surface area contributed by atoms with Gasteiger partial charge < -0.3 is 11.1 Å². The fourth-order valence-corrected chi connectivity index (χ4v) is 4.01. The Morgan fingerprint density at radius 3 is 2.42 bits per heavy atom. The lowest BCUT2D eigenvalue weighted by Crippen LogP contribution is -2.36. The third kappa shape index (κ3) is 3.96. The van der Waals surface area contributed by atoms with Crippen LogP contribution < -0.4 is 11.1 Å². The van der Waals surface area contributed by atoms with Crippen LogP contribution in [0.15, 0.2) is 34.7 Å². The van der Waals surface area contributed by atoms with Crippen LogP contribution in [0.1, 0.15) is 37.7 Å². The second-order valence-electron chi connectivity index (χ2n) is 6.29. The minimum atomic E-state index is -0.447. The van der Waals surface area contributed by atoms with Crippen molar-refractivity contribution in [1.29, 1.82) is 5.41 Å². The fourth-order valence-electron chi connectivity index (χ4n) is 3.03. The van der Waals surface area contributed by atoms with Gasteiger partial charge in [0.2, 0.25) is 5.91 Å². The highest BCUT2D eigenvalue weighted by Crippen LogP contribution is 2.38. The molecule has 0 radical (unpaired) electrons. The number of carbonyl (C=O) groups is 3. The number of rotatable bonds is 4. The maximum atomic E-state index is 12.5. The van der Waals surface area contributed by atoms with Gasteiger partial charge in [-0.05, 0) is 61.7 Å². The highest BCUT2D eigenvalue weighted by atomic mass is 32.2. The van der Waals surface area contributed by atoms with Gasteiger partial charge in [0.15, 0.2) is 0 Å². The topological polar surface area (TPSA) is 116 Å². The van der Waals surface area contributed by atoms with Gasteiger partial charge in [-0.3, -0.25) is 24.7 Å². The summed E-state index contributed by atoms with van der Waals surface area (Å²) >= 11 is 0.941. The summed E-state index contributed by atoms with van der Waals surface area (Å²) in [7, 11) is 0. The molecule has 0 spiro atoms. The van der Waals surface area contributed by atoms with Crippen LogP contribution >= 0.6 is 11.8 Å². The molecule has 0 unspecified atom stereocenters. The molecule has 1 aromatic rings. The lowest BCUT2D eigenvalue weighted by atomic mass is 9.94. The van der Waals surface area contributed by atoms with E-state index in [9.17, 15) is 14.4 Å². The Hall–Kier alpha value is -2.61. The number of nitrogens with zero attached hydrogens (tertiary/aromatic N) is 1. The molecule has 1 aromatic carbocycles. The largest absolute Gasteiger partial charge is 0.384 e. The standard InChI is InChI=1S/C18H20N4O3S/c19-16(20)12-6-8-13(9-7-12)21-14(23)10-22-17(24)15(26-18(22)25)11-4-2-1-3-5-11/h6-9H,1-5,10H2,(H3,19,20)(H,21,23). The molecule has 1 heterocycles. The van der Waals surface area contributed by atoms with Crippen molar-refractivity contribution in [3.63, 3.8) is 0 Å². The van der Waals surface area contributed by atoms with Crippen molar-refractivity contribution in [1.82, 2.24) is 4.90 Å². The van der Waals surface area contributed by atoms with E-state index in [-0.39, 0.29) is 18.3 Å². The first-order chi connectivity index (χ1) is 12.5. The Kier molecular flexibility index (Phi) is 5.41. The van der Waals surface area contributed by atoms with Gasteiger partial charge in [0.05, 0.1) is 4.91 Å². The minimum absolute atomic E-state index is 0.0589. The zero-order chi connectivity index (χ0) is 18.7. The van der Waals surface area contributed by atoms with Crippen molar-refractivity contribution in [3.8, 4) is 0 Å². The van der Waals surface area contributed by atoms with E-state index < -0.39 is 11.1 Å². The van der Waals surface area contributed by atoms with E-state index in [0.717, 1.165) is 54.3 Å². The summed E-state index contributed by atoms with van der Waals surface area (Å²) in [4.78, 5) is 38.4. The summed E-state index contributed by atoms with van der Waals surface area (Å²) in [5.74, 6) is -0.867. The van der Waals surface area contributed by atoms with Gasteiger partial charge in [-0.25, -0.2) is 0 Å². The van der Waals surface area contributed by atoms with Crippen LogP contribution in [0.3, 0.4) is 0 Å². The van der Waals surface area contributed by atoms with Crippen molar-refractivity contribution in [2.45, 2.75) is 32.1 Å². The highest BCUT2D eigenvalue weighted by molar-refractivity contribution is 8.18. The number of amidine groups is 1. The molecule has 1 aliphatic carbocycles. The van der Waals surface area contributed by atoms with E-state index in [1.807, 2.05) is 0 Å². The van der Waals surface area contributed by atoms with Gasteiger partial charge in [0.1, 0.15) is 12.4 Å². The van der Waals surface area contributed by atoms with Gasteiger partial charge in [0.25, 0.3) is 11.1 Å². The predicted octanol–water partition coefficient (Wildman–Crippen LogP) is 2.82. The molecule has 1 saturated carbocycles. The molecule has 2 aliphatic rings. The molecule has 136 valence electrons. The average Bonchev–Trinajstić information content (AvgIpc) is 2.91. The molecule has 0 aromatic heterocycles. The van der Waals surface area contributed by atoms with E-state index in [1.54, 1.807) is 24.3 Å². The number of hydrogen-bond acceptors (Lipinski definition) is 5. The molecule has 4 N–H and O–H groups in total. The third-order valence-electron chi connectivity index (χ3n) is 4.41. The normalized spacial score (nSPS) is 17.6. The minimum Gasteiger partial charge on any atom is -0.384 e. The Bertz CT molecular complexity index is 793. The summed E-state index contributed by atoms with van der Waals surface area (Å²) in [6, 6.07) is 6.47. The lowest BCUT2D eigenvalue weighted by Gasteiger charge is -2.16. The molecule has 3 rings (SSSR count). The zero-order valence-corrected chi connectivity index (χ0v) is 15.0. The predicted molar refractivity (Wildman–Crippen MR) is 101 cm³/mol. The first-order valence-corrected chi connectivity index (χ1v) is 9.27. The van der Waals surface area contributed by atoms with Crippen LogP contribution in [0.5, 0.6) is 0 Å². The maximum absolute atomic E-state index is 12.5. The molecular formula is C18H20N4O3S. The average molecular weight is 372 g/mol. The first-order valence-electron chi connectivity index (χ1n) is 8.45. The number of benzene rings is 1. The molecule has 1 aliphatic heterocycles. The molecule has 1 saturated heterocycles. The van der Waals surface area contributed by atoms with Gasteiger partial charge in [-0.1, -0.05) is 12.0 Å². The zero-order valence-electron chi connectivity index (χ0n) is 14.2. The van der Waals surface area contributed by atoms with Crippen LogP contribution in [0.2, 0.25) is 0 Å². The number of hydrogen-bond donors (Lipinski definition) is 3. The molecule has 3 amide bonds. The smallest absolute Gasteiger partial charge is 0.294 e. The number of amides is 3. The number of thioether (sulfide) groups is 1. The lowest BCUT2D eigenvalue weighted by molar-refractivity contribution is -0.127. The molecule has 8 heteroatoms. The highest BCUT2D eigenvalue weighted by Gasteiger charge is 2.38. The molecule has 26 heavy (non-hydrogen) atoms. The monoisotopic (exact) mass is 372 g/mol. The van der Waals surface area contributed by atoms with Gasteiger partial charge >= 0.3 is 0 Å². The summed E-state index contributed by atoms with van der Waals surface area (Å²) < 4.78 is 0. The van der Waals surface area contributed by atoms with Crippen molar-refractivity contribution < 1.29 is 14.4 Å². The van der Waals surface area contributed by atoms with Crippen LogP contribution in [0.25, 0.3) is 0 Å². The number of nitrogens with one attached hydrogen (secondary N) is 2. The van der Waals surface area contributed by atoms with Gasteiger partial charge in [-0.2, -0.15) is 0 Å². The Morgan fingerprint density at radius 2 is 1.81 bits per heavy atom. The van der Waals surface area contributed by atoms with Crippen LogP contribution in [0, 0.1) is 5.41 Å². The molecule has 0 atom stereocenters. The number of carbonyl (C=O) groups excluding carboxylic acids is 3. The first kappa shape index (κ1) is 18.2. The maximum Gasteiger partial charge on any atom is 0.294 e. The fraction of sp³-hybridized carbons (Fsp3) is 0.333. The molecular weight excluding hydrogens is 352 g/mol. The summed E-state index contributed by atoms with van der Waals surface area (Å²) in [5, 5.41) is 9.60. The van der Waals surface area contributed by atoms with Crippen molar-refractivity contribution in [3.05, 3.63) is 40.3 Å². The SMILES string of the molecule is N=C(N)c1ccc(NC(=O)CN2C(=O)SC(=C3CCCCC3)C2=O)cc1. The molecule has 2 fully saturated rings. The second-order valence-corrected chi connectivity index (χ2v) is 7.25. The van der Waals surface area contributed by atoms with E-state index in [0.29, 0.717) is 16.2 Å². The second kappa shape index (κ2) is 7.74. The number of nitrogen functional groups attached to an aromatic ring is 1. The van der Waals surface area contributed by atoms with Crippen molar-refractivity contribution in [2.24, 2.45) is 5.73 Å². The summed E-state index contributed by atoms with van der Waals surface area (Å²) in [6.45, 7) is -0.310. The van der Waals surface area contributed by atoms with E-state index in [1.165, 1.54) is 0 Å². The van der Waals surface area contributed by atoms with Gasteiger partial charge in [-0.15, -0.1) is 0 Å². The Morgan fingerprint density at radius 1 is 1.15 bits per heavy atom. The van der Waals surface area contributed by atoms with E-state index >= 15 is 0 Å². The molecule has 0 bridgehead atoms. The van der Waals surface area contributed by atoms with Crippen LogP contribution in [0.4, 0.5) is 10.5 Å². The Labute approximate surface area is 155 Å². The van der Waals surface area contributed by atoms with E-state index in [2.05, 4.69) is 5.32 Å². The number of nitrogens with two attached hydrogens (primary N) is 1. The third-order valence-corrected chi connectivity index (χ3v) is 5.47. The Balaban J connectivity index is 1.64. The number of allylic oxidation sites excluding steroid dienone is 1.